The summed E-state index contributed by atoms with van der Waals surface area (Å²) in [5.41, 5.74) is 0.845. The van der Waals surface area contributed by atoms with Crippen LogP contribution in [0.15, 0.2) is 18.2 Å². The van der Waals surface area contributed by atoms with Crippen LogP contribution in [-0.4, -0.2) is 30.4 Å². The van der Waals surface area contributed by atoms with E-state index in [2.05, 4.69) is 10.6 Å². The standard InChI is InChI=1S/C13H19ClN2O3/c1-3-19-12-6-11(14)5-4-10(12)7-15-13(18)16-9(2)8-17/h4-6,9,17H,3,7-8H2,1-2H3,(H2,15,16,18)/t9-/m0/s1. The van der Waals surface area contributed by atoms with Gasteiger partial charge >= 0.3 is 6.03 Å². The van der Waals surface area contributed by atoms with Crippen LogP contribution in [0.3, 0.4) is 0 Å². The number of aliphatic hydroxyl groups excluding tert-OH is 1. The van der Waals surface area contributed by atoms with Gasteiger partial charge < -0.3 is 20.5 Å². The Bertz CT molecular complexity index is 426. The molecule has 0 aliphatic rings. The molecular weight excluding hydrogens is 268 g/mol. The van der Waals surface area contributed by atoms with Crippen molar-refractivity contribution in [3.05, 3.63) is 28.8 Å². The van der Waals surface area contributed by atoms with Crippen LogP contribution in [-0.2, 0) is 6.54 Å². The smallest absolute Gasteiger partial charge is 0.315 e. The third-order valence-electron chi connectivity index (χ3n) is 2.42. The van der Waals surface area contributed by atoms with E-state index >= 15 is 0 Å². The summed E-state index contributed by atoms with van der Waals surface area (Å²) in [7, 11) is 0. The number of rotatable bonds is 6. The maximum atomic E-state index is 11.5. The van der Waals surface area contributed by atoms with E-state index < -0.39 is 0 Å². The largest absolute Gasteiger partial charge is 0.493 e. The summed E-state index contributed by atoms with van der Waals surface area (Å²) in [4.78, 5) is 11.5. The van der Waals surface area contributed by atoms with Gasteiger partial charge in [-0.1, -0.05) is 17.7 Å². The average molecular weight is 287 g/mol. The van der Waals surface area contributed by atoms with Gasteiger partial charge in [-0.15, -0.1) is 0 Å². The number of ether oxygens (including phenoxy) is 1. The van der Waals surface area contributed by atoms with Gasteiger partial charge in [-0.3, -0.25) is 0 Å². The molecule has 0 spiro atoms. The summed E-state index contributed by atoms with van der Waals surface area (Å²) in [6.07, 6.45) is 0. The molecule has 3 N–H and O–H groups in total. The van der Waals surface area contributed by atoms with Crippen LogP contribution in [0.1, 0.15) is 19.4 Å². The van der Waals surface area contributed by atoms with Crippen LogP contribution in [0.2, 0.25) is 5.02 Å². The molecule has 1 aromatic carbocycles. The zero-order valence-corrected chi connectivity index (χ0v) is 11.8. The number of nitrogens with one attached hydrogen (secondary N) is 2. The van der Waals surface area contributed by atoms with Crippen LogP contribution >= 0.6 is 11.6 Å². The van der Waals surface area contributed by atoms with Gasteiger partial charge in [0.2, 0.25) is 0 Å². The highest BCUT2D eigenvalue weighted by molar-refractivity contribution is 6.30. The third kappa shape index (κ3) is 5.36. The molecule has 1 atom stereocenters. The van der Waals surface area contributed by atoms with Gasteiger partial charge in [0, 0.05) is 17.1 Å². The first-order chi connectivity index (χ1) is 9.06. The first-order valence-electron chi connectivity index (χ1n) is 6.13. The van der Waals surface area contributed by atoms with Crippen molar-refractivity contribution in [1.29, 1.82) is 0 Å². The molecule has 1 aromatic rings. The number of benzene rings is 1. The lowest BCUT2D eigenvalue weighted by atomic mass is 10.2. The highest BCUT2D eigenvalue weighted by Gasteiger charge is 2.08. The number of carbonyl (C=O) groups excluding carboxylic acids is 1. The first kappa shape index (κ1) is 15.6. The number of hydrogen-bond donors (Lipinski definition) is 3. The minimum absolute atomic E-state index is 0.0987. The van der Waals surface area contributed by atoms with Crippen LogP contribution < -0.4 is 15.4 Å². The summed E-state index contributed by atoms with van der Waals surface area (Å²) in [6, 6.07) is 4.66. The fraction of sp³-hybridized carbons (Fsp3) is 0.462. The highest BCUT2D eigenvalue weighted by atomic mass is 35.5. The van der Waals surface area contributed by atoms with Crippen LogP contribution in [0.25, 0.3) is 0 Å². The molecule has 1 rings (SSSR count). The topological polar surface area (TPSA) is 70.6 Å². The predicted molar refractivity (Wildman–Crippen MR) is 74.5 cm³/mol. The second-order valence-electron chi connectivity index (χ2n) is 4.10. The number of aliphatic hydroxyl groups is 1. The van der Waals surface area contributed by atoms with Crippen molar-refractivity contribution in [3.63, 3.8) is 0 Å². The first-order valence-corrected chi connectivity index (χ1v) is 6.51. The van der Waals surface area contributed by atoms with E-state index in [1.54, 1.807) is 19.1 Å². The number of carbonyl (C=O) groups is 1. The lowest BCUT2D eigenvalue weighted by Gasteiger charge is -2.14. The Kier molecular flexibility index (Phi) is 6.45. The molecule has 106 valence electrons. The van der Waals surface area contributed by atoms with Crippen molar-refractivity contribution in [3.8, 4) is 5.75 Å². The Morgan fingerprint density at radius 3 is 2.89 bits per heavy atom. The Balaban J connectivity index is 2.59. The molecule has 0 aliphatic carbocycles. The molecule has 5 nitrogen and oxygen atoms in total. The van der Waals surface area contributed by atoms with Crippen molar-refractivity contribution >= 4 is 17.6 Å². The minimum Gasteiger partial charge on any atom is -0.493 e. The van der Waals surface area contributed by atoms with E-state index in [0.717, 1.165) is 5.56 Å². The molecule has 6 heteroatoms. The second-order valence-corrected chi connectivity index (χ2v) is 4.53. The van der Waals surface area contributed by atoms with Gasteiger partial charge in [0.1, 0.15) is 5.75 Å². The average Bonchev–Trinajstić information content (AvgIpc) is 2.38. The van der Waals surface area contributed by atoms with Gasteiger partial charge in [0.05, 0.1) is 19.3 Å². The van der Waals surface area contributed by atoms with Crippen molar-refractivity contribution in [2.24, 2.45) is 0 Å². The van der Waals surface area contributed by atoms with Crippen molar-refractivity contribution in [2.75, 3.05) is 13.2 Å². The Morgan fingerprint density at radius 1 is 1.53 bits per heavy atom. The number of hydrogen-bond acceptors (Lipinski definition) is 3. The minimum atomic E-state index is -0.334. The number of urea groups is 1. The van der Waals surface area contributed by atoms with Crippen LogP contribution in [0.5, 0.6) is 5.75 Å². The molecule has 0 saturated heterocycles. The monoisotopic (exact) mass is 286 g/mol. The van der Waals surface area contributed by atoms with E-state index in [9.17, 15) is 4.79 Å². The summed E-state index contributed by atoms with van der Waals surface area (Å²) >= 11 is 5.90. The second kappa shape index (κ2) is 7.86. The third-order valence-corrected chi connectivity index (χ3v) is 2.65. The van der Waals surface area contributed by atoms with Gasteiger partial charge in [0.15, 0.2) is 0 Å². The number of halogens is 1. The summed E-state index contributed by atoms with van der Waals surface area (Å²) in [5, 5.41) is 14.7. The van der Waals surface area contributed by atoms with Gasteiger partial charge in [-0.2, -0.15) is 0 Å². The summed E-state index contributed by atoms with van der Waals surface area (Å²) in [6.45, 7) is 4.36. The molecular formula is C13H19ClN2O3. The Morgan fingerprint density at radius 2 is 2.26 bits per heavy atom. The maximum absolute atomic E-state index is 11.5. The lowest BCUT2D eigenvalue weighted by molar-refractivity contribution is 0.220. The van der Waals surface area contributed by atoms with Gasteiger partial charge in [-0.05, 0) is 26.0 Å². The quantitative estimate of drug-likeness (QED) is 0.748. The van der Waals surface area contributed by atoms with E-state index in [1.807, 2.05) is 13.0 Å². The van der Waals surface area contributed by atoms with E-state index in [-0.39, 0.29) is 18.7 Å². The molecule has 0 aromatic heterocycles. The molecule has 0 fully saturated rings. The van der Waals surface area contributed by atoms with Crippen LogP contribution in [0, 0.1) is 0 Å². The zero-order chi connectivity index (χ0) is 14.3. The molecule has 0 unspecified atom stereocenters. The van der Waals surface area contributed by atoms with Crippen LogP contribution in [0.4, 0.5) is 4.79 Å². The van der Waals surface area contributed by atoms with E-state index in [0.29, 0.717) is 23.9 Å². The van der Waals surface area contributed by atoms with E-state index in [1.165, 1.54) is 0 Å². The Hall–Kier alpha value is -1.46. The zero-order valence-electron chi connectivity index (χ0n) is 11.1. The molecule has 0 heterocycles. The predicted octanol–water partition coefficient (Wildman–Crippen LogP) is 1.92. The van der Waals surface area contributed by atoms with Crippen molar-refractivity contribution in [1.82, 2.24) is 10.6 Å². The summed E-state index contributed by atoms with van der Waals surface area (Å²) < 4.78 is 5.46. The van der Waals surface area contributed by atoms with E-state index in [4.69, 9.17) is 21.4 Å². The highest BCUT2D eigenvalue weighted by Crippen LogP contribution is 2.23. The molecule has 2 amide bonds. The van der Waals surface area contributed by atoms with Gasteiger partial charge in [0.25, 0.3) is 0 Å². The fourth-order valence-electron chi connectivity index (χ4n) is 1.46. The molecule has 0 saturated carbocycles. The summed E-state index contributed by atoms with van der Waals surface area (Å²) in [5.74, 6) is 0.658. The van der Waals surface area contributed by atoms with Gasteiger partial charge in [-0.25, -0.2) is 4.79 Å². The molecule has 0 bridgehead atoms. The molecule has 0 radical (unpaired) electrons. The maximum Gasteiger partial charge on any atom is 0.315 e. The number of amides is 2. The normalized spacial score (nSPS) is 11.8. The molecule has 19 heavy (non-hydrogen) atoms. The SMILES string of the molecule is CCOc1cc(Cl)ccc1CNC(=O)N[C@@H](C)CO. The lowest BCUT2D eigenvalue weighted by Crippen LogP contribution is -2.41. The molecule has 0 aliphatic heterocycles. The fourth-order valence-corrected chi connectivity index (χ4v) is 1.62. The van der Waals surface area contributed by atoms with Crippen molar-refractivity contribution < 1.29 is 14.6 Å². The van der Waals surface area contributed by atoms with Crippen molar-refractivity contribution in [2.45, 2.75) is 26.4 Å². The Labute approximate surface area is 117 Å².